The lowest BCUT2D eigenvalue weighted by Gasteiger charge is -2.07. The molecule has 0 fully saturated rings. The van der Waals surface area contributed by atoms with Crippen molar-refractivity contribution < 1.29 is 9.59 Å². The number of amides is 2. The van der Waals surface area contributed by atoms with Crippen molar-refractivity contribution in [2.24, 2.45) is 5.14 Å². The number of hydrogen-bond donors (Lipinski definition) is 3. The van der Waals surface area contributed by atoms with E-state index in [1.54, 1.807) is 25.1 Å². The van der Waals surface area contributed by atoms with Gasteiger partial charge in [-0.05, 0) is 37.1 Å². The molecule has 0 atom stereocenters. The first-order valence-corrected chi connectivity index (χ1v) is 9.84. The number of rotatable bonds is 6. The fourth-order valence-electron chi connectivity index (χ4n) is 2.40. The van der Waals surface area contributed by atoms with Crippen LogP contribution in [0.1, 0.15) is 15.4 Å². The zero-order valence-electron chi connectivity index (χ0n) is 14.6. The topological polar surface area (TPSA) is 97.1 Å². The van der Waals surface area contributed by atoms with Gasteiger partial charge in [0.15, 0.2) is 0 Å². The Bertz CT molecular complexity index is 957. The van der Waals surface area contributed by atoms with Gasteiger partial charge in [-0.3, -0.25) is 14.7 Å². The second kappa shape index (κ2) is 8.81. The SMILES string of the molecule is Cc1nc(-c2ccccc2)sc1C(=O)NCC(=O)Nc1cccc(SN)c1. The Morgan fingerprint density at radius 3 is 2.67 bits per heavy atom. The number of benzene rings is 2. The molecule has 0 radical (unpaired) electrons. The molecule has 138 valence electrons. The summed E-state index contributed by atoms with van der Waals surface area (Å²) < 4.78 is 0. The van der Waals surface area contributed by atoms with Crippen LogP contribution in [0.25, 0.3) is 10.6 Å². The van der Waals surface area contributed by atoms with E-state index in [9.17, 15) is 9.59 Å². The number of nitrogens with zero attached hydrogens (tertiary/aromatic N) is 1. The Balaban J connectivity index is 1.60. The molecule has 0 saturated heterocycles. The van der Waals surface area contributed by atoms with Crippen LogP contribution in [0.5, 0.6) is 0 Å². The number of thiazole rings is 1. The second-order valence-corrected chi connectivity index (χ2v) is 7.38. The first kappa shape index (κ1) is 19.1. The Morgan fingerprint density at radius 1 is 1.15 bits per heavy atom. The molecular formula is C19H18N4O2S2. The quantitative estimate of drug-likeness (QED) is 0.553. The molecule has 0 unspecified atom stereocenters. The van der Waals surface area contributed by atoms with Gasteiger partial charge in [-0.1, -0.05) is 36.4 Å². The molecular weight excluding hydrogens is 380 g/mol. The van der Waals surface area contributed by atoms with Crippen molar-refractivity contribution in [3.63, 3.8) is 0 Å². The predicted molar refractivity (Wildman–Crippen MR) is 110 cm³/mol. The highest BCUT2D eigenvalue weighted by Gasteiger charge is 2.17. The zero-order chi connectivity index (χ0) is 19.2. The van der Waals surface area contributed by atoms with Gasteiger partial charge in [0, 0.05) is 16.1 Å². The monoisotopic (exact) mass is 398 g/mol. The van der Waals surface area contributed by atoms with Crippen molar-refractivity contribution in [1.29, 1.82) is 0 Å². The Morgan fingerprint density at radius 2 is 1.93 bits per heavy atom. The Labute approximate surface area is 165 Å². The number of carbonyl (C=O) groups excluding carboxylic acids is 2. The number of hydrogen-bond acceptors (Lipinski definition) is 6. The number of anilines is 1. The Hall–Kier alpha value is -2.68. The van der Waals surface area contributed by atoms with E-state index in [-0.39, 0.29) is 18.4 Å². The van der Waals surface area contributed by atoms with Crippen LogP contribution in [0.4, 0.5) is 5.69 Å². The van der Waals surface area contributed by atoms with Crippen LogP contribution in [-0.4, -0.2) is 23.3 Å². The van der Waals surface area contributed by atoms with Crippen molar-refractivity contribution in [1.82, 2.24) is 10.3 Å². The predicted octanol–water partition coefficient (Wildman–Crippen LogP) is 3.45. The summed E-state index contributed by atoms with van der Waals surface area (Å²) in [5.74, 6) is -0.624. The number of aromatic nitrogens is 1. The minimum Gasteiger partial charge on any atom is -0.342 e. The minimum absolute atomic E-state index is 0.128. The highest BCUT2D eigenvalue weighted by atomic mass is 32.2. The maximum absolute atomic E-state index is 12.4. The van der Waals surface area contributed by atoms with E-state index in [0.717, 1.165) is 27.4 Å². The summed E-state index contributed by atoms with van der Waals surface area (Å²) in [5.41, 5.74) is 2.23. The van der Waals surface area contributed by atoms with Crippen molar-refractivity contribution in [2.45, 2.75) is 11.8 Å². The van der Waals surface area contributed by atoms with Crippen LogP contribution >= 0.6 is 23.3 Å². The summed E-state index contributed by atoms with van der Waals surface area (Å²) in [5, 5.41) is 11.7. The average molecular weight is 399 g/mol. The fraction of sp³-hybridized carbons (Fsp3) is 0.105. The summed E-state index contributed by atoms with van der Waals surface area (Å²) in [4.78, 5) is 30.3. The third-order valence-electron chi connectivity index (χ3n) is 3.69. The van der Waals surface area contributed by atoms with E-state index in [4.69, 9.17) is 5.14 Å². The molecule has 4 N–H and O–H groups in total. The van der Waals surface area contributed by atoms with Gasteiger partial charge in [0.1, 0.15) is 9.88 Å². The van der Waals surface area contributed by atoms with E-state index in [1.165, 1.54) is 11.3 Å². The van der Waals surface area contributed by atoms with E-state index in [2.05, 4.69) is 15.6 Å². The molecule has 3 rings (SSSR count). The normalized spacial score (nSPS) is 10.4. The van der Waals surface area contributed by atoms with Crippen molar-refractivity contribution in [3.8, 4) is 10.6 Å². The van der Waals surface area contributed by atoms with Crippen LogP contribution < -0.4 is 15.8 Å². The average Bonchev–Trinajstić information content (AvgIpc) is 3.09. The van der Waals surface area contributed by atoms with Gasteiger partial charge < -0.3 is 10.6 Å². The van der Waals surface area contributed by atoms with E-state index >= 15 is 0 Å². The van der Waals surface area contributed by atoms with Crippen LogP contribution in [0.15, 0.2) is 59.5 Å². The standard InChI is InChI=1S/C19H18N4O2S2/c1-12-17(26-19(22-12)13-6-3-2-4-7-13)18(25)21-11-16(24)23-14-8-5-9-15(10-14)27-20/h2-10H,11,20H2,1H3,(H,21,25)(H,23,24). The first-order valence-electron chi connectivity index (χ1n) is 8.14. The van der Waals surface area contributed by atoms with Crippen molar-refractivity contribution >= 4 is 40.8 Å². The number of nitrogens with two attached hydrogens (primary N) is 1. The molecule has 0 aliphatic heterocycles. The van der Waals surface area contributed by atoms with Crippen LogP contribution in [0.3, 0.4) is 0 Å². The summed E-state index contributed by atoms with van der Waals surface area (Å²) in [6.07, 6.45) is 0. The molecule has 2 amide bonds. The van der Waals surface area contributed by atoms with E-state index < -0.39 is 0 Å². The second-order valence-electron chi connectivity index (χ2n) is 5.68. The molecule has 2 aromatic carbocycles. The van der Waals surface area contributed by atoms with E-state index in [0.29, 0.717) is 16.3 Å². The molecule has 8 heteroatoms. The van der Waals surface area contributed by atoms with Gasteiger partial charge in [0.25, 0.3) is 5.91 Å². The molecule has 3 aromatic rings. The van der Waals surface area contributed by atoms with Gasteiger partial charge in [-0.2, -0.15) is 0 Å². The summed E-state index contributed by atoms with van der Waals surface area (Å²) in [7, 11) is 0. The Kier molecular flexibility index (Phi) is 6.23. The van der Waals surface area contributed by atoms with Crippen molar-refractivity contribution in [2.75, 3.05) is 11.9 Å². The molecule has 1 heterocycles. The fourth-order valence-corrected chi connectivity index (χ4v) is 3.74. The minimum atomic E-state index is -0.312. The zero-order valence-corrected chi connectivity index (χ0v) is 16.2. The van der Waals surface area contributed by atoms with Crippen LogP contribution in [0, 0.1) is 6.92 Å². The van der Waals surface area contributed by atoms with Crippen molar-refractivity contribution in [3.05, 3.63) is 65.2 Å². The molecule has 0 spiro atoms. The van der Waals surface area contributed by atoms with E-state index in [1.807, 2.05) is 36.4 Å². The molecule has 0 aliphatic carbocycles. The number of aryl methyl sites for hydroxylation is 1. The molecule has 0 saturated carbocycles. The molecule has 1 aromatic heterocycles. The number of carbonyl (C=O) groups is 2. The largest absolute Gasteiger partial charge is 0.342 e. The highest BCUT2D eigenvalue weighted by molar-refractivity contribution is 7.97. The third kappa shape index (κ3) is 4.94. The third-order valence-corrected chi connectivity index (χ3v) is 5.42. The molecule has 27 heavy (non-hydrogen) atoms. The van der Waals surface area contributed by atoms with Gasteiger partial charge in [-0.25, -0.2) is 4.98 Å². The highest BCUT2D eigenvalue weighted by Crippen LogP contribution is 2.27. The first-order chi connectivity index (χ1) is 13.1. The summed E-state index contributed by atoms with van der Waals surface area (Å²) >= 11 is 2.41. The van der Waals surface area contributed by atoms with Crippen LogP contribution in [0.2, 0.25) is 0 Å². The molecule has 0 aliphatic rings. The molecule has 6 nitrogen and oxygen atoms in total. The maximum atomic E-state index is 12.4. The maximum Gasteiger partial charge on any atom is 0.263 e. The number of nitrogens with one attached hydrogen (secondary N) is 2. The summed E-state index contributed by atoms with van der Waals surface area (Å²) in [6, 6.07) is 16.8. The lowest BCUT2D eigenvalue weighted by Crippen LogP contribution is -2.32. The van der Waals surface area contributed by atoms with Crippen LogP contribution in [-0.2, 0) is 4.79 Å². The lowest BCUT2D eigenvalue weighted by molar-refractivity contribution is -0.115. The lowest BCUT2D eigenvalue weighted by atomic mass is 10.2. The van der Waals surface area contributed by atoms with Gasteiger partial charge in [0.05, 0.1) is 12.2 Å². The smallest absolute Gasteiger partial charge is 0.263 e. The van der Waals surface area contributed by atoms with Gasteiger partial charge in [0.2, 0.25) is 5.91 Å². The van der Waals surface area contributed by atoms with Gasteiger partial charge >= 0.3 is 0 Å². The summed E-state index contributed by atoms with van der Waals surface area (Å²) in [6.45, 7) is 1.66. The van der Waals surface area contributed by atoms with Gasteiger partial charge in [-0.15, -0.1) is 11.3 Å². The molecule has 0 bridgehead atoms.